The van der Waals surface area contributed by atoms with Crippen molar-refractivity contribution in [2.45, 2.75) is 38.3 Å². The molecule has 0 bridgehead atoms. The number of likely N-dealkylation sites (tertiary alicyclic amines) is 1. The number of nitrogens with one attached hydrogen (secondary N) is 1. The number of carbonyl (C=O) groups is 2. The molecule has 5 heteroatoms. The SMILES string of the molecule is CCC(NC1CCC(=O)N(C)C1=O)c1ccccc1O. The van der Waals surface area contributed by atoms with Crippen molar-refractivity contribution in [3.63, 3.8) is 0 Å². The fourth-order valence-corrected chi connectivity index (χ4v) is 2.52. The van der Waals surface area contributed by atoms with Gasteiger partial charge in [-0.2, -0.15) is 0 Å². The number of rotatable bonds is 4. The molecule has 2 atom stereocenters. The van der Waals surface area contributed by atoms with Crippen LogP contribution in [0, 0.1) is 0 Å². The van der Waals surface area contributed by atoms with Crippen LogP contribution in [0.2, 0.25) is 0 Å². The summed E-state index contributed by atoms with van der Waals surface area (Å²) in [5, 5.41) is 13.2. The lowest BCUT2D eigenvalue weighted by atomic mass is 9.98. The third kappa shape index (κ3) is 2.82. The molecule has 1 aliphatic heterocycles. The maximum atomic E-state index is 12.1. The van der Waals surface area contributed by atoms with Gasteiger partial charge < -0.3 is 5.11 Å². The van der Waals surface area contributed by atoms with E-state index < -0.39 is 0 Å². The van der Waals surface area contributed by atoms with Gasteiger partial charge in [0.1, 0.15) is 5.75 Å². The number of hydrogen-bond donors (Lipinski definition) is 2. The van der Waals surface area contributed by atoms with Crippen molar-refractivity contribution in [1.29, 1.82) is 0 Å². The normalized spacial score (nSPS) is 21.1. The van der Waals surface area contributed by atoms with Crippen molar-refractivity contribution in [2.24, 2.45) is 0 Å². The van der Waals surface area contributed by atoms with Gasteiger partial charge in [-0.15, -0.1) is 0 Å². The highest BCUT2D eigenvalue weighted by molar-refractivity contribution is 6.00. The van der Waals surface area contributed by atoms with E-state index in [1.807, 2.05) is 19.1 Å². The number of para-hydroxylation sites is 1. The number of imide groups is 1. The largest absolute Gasteiger partial charge is 0.508 e. The van der Waals surface area contributed by atoms with Crippen molar-refractivity contribution in [2.75, 3.05) is 7.05 Å². The summed E-state index contributed by atoms with van der Waals surface area (Å²) < 4.78 is 0. The van der Waals surface area contributed by atoms with Crippen LogP contribution in [0.4, 0.5) is 0 Å². The van der Waals surface area contributed by atoms with Gasteiger partial charge in [0.15, 0.2) is 0 Å². The molecule has 5 nitrogen and oxygen atoms in total. The summed E-state index contributed by atoms with van der Waals surface area (Å²) in [6.07, 6.45) is 1.63. The van der Waals surface area contributed by atoms with E-state index in [1.165, 1.54) is 11.9 Å². The van der Waals surface area contributed by atoms with Gasteiger partial charge in [0.2, 0.25) is 11.8 Å². The lowest BCUT2D eigenvalue weighted by Gasteiger charge is -2.31. The second-order valence-corrected chi connectivity index (χ2v) is 5.07. The number of hydrogen-bond acceptors (Lipinski definition) is 4. The van der Waals surface area contributed by atoms with Gasteiger partial charge in [0, 0.05) is 25.1 Å². The first-order chi connectivity index (χ1) is 9.54. The van der Waals surface area contributed by atoms with E-state index in [0.717, 1.165) is 12.0 Å². The van der Waals surface area contributed by atoms with Gasteiger partial charge in [-0.05, 0) is 18.9 Å². The van der Waals surface area contributed by atoms with Crippen LogP contribution in [0.15, 0.2) is 24.3 Å². The molecule has 0 spiro atoms. The summed E-state index contributed by atoms with van der Waals surface area (Å²) >= 11 is 0. The van der Waals surface area contributed by atoms with Crippen LogP contribution < -0.4 is 5.32 Å². The Morgan fingerprint density at radius 1 is 1.40 bits per heavy atom. The quantitative estimate of drug-likeness (QED) is 0.819. The maximum absolute atomic E-state index is 12.1. The Labute approximate surface area is 118 Å². The van der Waals surface area contributed by atoms with Crippen LogP contribution in [0.5, 0.6) is 5.75 Å². The topological polar surface area (TPSA) is 69.6 Å². The highest BCUT2D eigenvalue weighted by atomic mass is 16.3. The van der Waals surface area contributed by atoms with Crippen LogP contribution >= 0.6 is 0 Å². The van der Waals surface area contributed by atoms with Crippen LogP contribution in [-0.2, 0) is 9.59 Å². The number of phenolic OH excluding ortho intramolecular Hbond substituents is 1. The number of amides is 2. The van der Waals surface area contributed by atoms with Crippen LogP contribution in [0.1, 0.15) is 37.8 Å². The number of aromatic hydroxyl groups is 1. The molecule has 0 radical (unpaired) electrons. The lowest BCUT2D eigenvalue weighted by molar-refractivity contribution is -0.148. The highest BCUT2D eigenvalue weighted by Gasteiger charge is 2.33. The Morgan fingerprint density at radius 2 is 2.10 bits per heavy atom. The summed E-state index contributed by atoms with van der Waals surface area (Å²) in [5.74, 6) is -0.113. The number of phenols is 1. The third-order valence-electron chi connectivity index (χ3n) is 3.77. The summed E-state index contributed by atoms with van der Waals surface area (Å²) in [4.78, 5) is 24.7. The Morgan fingerprint density at radius 3 is 2.75 bits per heavy atom. The minimum Gasteiger partial charge on any atom is -0.508 e. The molecule has 0 aliphatic carbocycles. The second-order valence-electron chi connectivity index (χ2n) is 5.07. The standard InChI is InChI=1S/C15H20N2O3/c1-3-11(10-6-4-5-7-13(10)18)16-12-8-9-14(19)17(2)15(12)20/h4-7,11-12,16,18H,3,8-9H2,1-2H3. The molecular formula is C15H20N2O3. The fourth-order valence-electron chi connectivity index (χ4n) is 2.52. The molecule has 20 heavy (non-hydrogen) atoms. The van der Waals surface area contributed by atoms with Crippen LogP contribution in [-0.4, -0.2) is 34.9 Å². The predicted molar refractivity (Wildman–Crippen MR) is 75.1 cm³/mol. The molecular weight excluding hydrogens is 256 g/mol. The molecule has 2 unspecified atom stereocenters. The zero-order chi connectivity index (χ0) is 14.7. The third-order valence-corrected chi connectivity index (χ3v) is 3.77. The first-order valence-corrected chi connectivity index (χ1v) is 6.89. The van der Waals surface area contributed by atoms with Gasteiger partial charge in [0.05, 0.1) is 6.04 Å². The Bertz CT molecular complexity index is 516. The molecule has 2 rings (SSSR count). The maximum Gasteiger partial charge on any atom is 0.246 e. The average molecular weight is 276 g/mol. The molecule has 2 amide bonds. The molecule has 1 aromatic carbocycles. The van der Waals surface area contributed by atoms with Crippen LogP contribution in [0.3, 0.4) is 0 Å². The predicted octanol–water partition coefficient (Wildman–Crippen LogP) is 1.58. The Kier molecular flexibility index (Phi) is 4.39. The summed E-state index contributed by atoms with van der Waals surface area (Å²) in [7, 11) is 1.51. The summed E-state index contributed by atoms with van der Waals surface area (Å²) in [6.45, 7) is 1.99. The van der Waals surface area contributed by atoms with Crippen molar-refractivity contribution < 1.29 is 14.7 Å². The molecule has 1 saturated heterocycles. The van der Waals surface area contributed by atoms with Gasteiger partial charge >= 0.3 is 0 Å². The summed E-state index contributed by atoms with van der Waals surface area (Å²) in [6, 6.07) is 6.63. The van der Waals surface area contributed by atoms with Crippen molar-refractivity contribution in [1.82, 2.24) is 10.2 Å². The van der Waals surface area contributed by atoms with E-state index in [4.69, 9.17) is 0 Å². The van der Waals surface area contributed by atoms with Gasteiger partial charge in [0.25, 0.3) is 0 Å². The minimum absolute atomic E-state index is 0.105. The average Bonchev–Trinajstić information content (AvgIpc) is 2.45. The number of likely N-dealkylation sites (N-methyl/N-ethyl adjacent to an activating group) is 1. The Balaban J connectivity index is 2.13. The van der Waals surface area contributed by atoms with Gasteiger partial charge in [-0.3, -0.25) is 19.8 Å². The number of benzene rings is 1. The lowest BCUT2D eigenvalue weighted by Crippen LogP contribution is -2.52. The van der Waals surface area contributed by atoms with E-state index in [0.29, 0.717) is 12.8 Å². The van der Waals surface area contributed by atoms with E-state index in [1.54, 1.807) is 12.1 Å². The monoisotopic (exact) mass is 276 g/mol. The van der Waals surface area contributed by atoms with Gasteiger partial charge in [-0.1, -0.05) is 25.1 Å². The zero-order valence-electron chi connectivity index (χ0n) is 11.8. The number of piperidine rings is 1. The van der Waals surface area contributed by atoms with E-state index >= 15 is 0 Å². The Hall–Kier alpha value is -1.88. The molecule has 1 aromatic rings. The van der Waals surface area contributed by atoms with Crippen molar-refractivity contribution >= 4 is 11.8 Å². The number of nitrogens with zero attached hydrogens (tertiary/aromatic N) is 1. The molecule has 108 valence electrons. The summed E-state index contributed by atoms with van der Waals surface area (Å²) in [5.41, 5.74) is 0.780. The first-order valence-electron chi connectivity index (χ1n) is 6.89. The van der Waals surface area contributed by atoms with E-state index in [-0.39, 0.29) is 29.6 Å². The van der Waals surface area contributed by atoms with E-state index in [2.05, 4.69) is 5.32 Å². The molecule has 2 N–H and O–H groups in total. The van der Waals surface area contributed by atoms with Crippen molar-refractivity contribution in [3.8, 4) is 5.75 Å². The fraction of sp³-hybridized carbons (Fsp3) is 0.467. The molecule has 1 fully saturated rings. The van der Waals surface area contributed by atoms with Crippen molar-refractivity contribution in [3.05, 3.63) is 29.8 Å². The van der Waals surface area contributed by atoms with E-state index in [9.17, 15) is 14.7 Å². The zero-order valence-corrected chi connectivity index (χ0v) is 11.8. The molecule has 0 aromatic heterocycles. The molecule has 0 saturated carbocycles. The van der Waals surface area contributed by atoms with Crippen LogP contribution in [0.25, 0.3) is 0 Å². The smallest absolute Gasteiger partial charge is 0.246 e. The number of carbonyl (C=O) groups excluding carboxylic acids is 2. The molecule has 1 aliphatic rings. The minimum atomic E-state index is -0.373. The van der Waals surface area contributed by atoms with Gasteiger partial charge in [-0.25, -0.2) is 0 Å². The molecule has 1 heterocycles. The highest BCUT2D eigenvalue weighted by Crippen LogP contribution is 2.27. The first kappa shape index (κ1) is 14.5. The second kappa shape index (κ2) is 6.05.